The van der Waals surface area contributed by atoms with Gasteiger partial charge in [-0.3, -0.25) is 4.79 Å². The fourth-order valence-electron chi connectivity index (χ4n) is 3.32. The number of carbonyl (C=O) groups excluding carboxylic acids is 1. The molecule has 0 radical (unpaired) electrons. The molecule has 118 valence electrons. The van der Waals surface area contributed by atoms with Crippen LogP contribution in [0.4, 0.5) is 0 Å². The van der Waals surface area contributed by atoms with Crippen LogP contribution in [0.25, 0.3) is 11.0 Å². The molecule has 0 unspecified atom stereocenters. The molecular formula is C18H19N3OS. The zero-order valence-electron chi connectivity index (χ0n) is 12.9. The number of thiophene rings is 1. The van der Waals surface area contributed by atoms with Gasteiger partial charge in [-0.1, -0.05) is 12.1 Å². The van der Waals surface area contributed by atoms with Crippen LogP contribution in [0, 0.1) is 5.92 Å². The number of hydrogen-bond acceptors (Lipinski definition) is 3. The van der Waals surface area contributed by atoms with Gasteiger partial charge >= 0.3 is 0 Å². The van der Waals surface area contributed by atoms with E-state index in [2.05, 4.69) is 21.7 Å². The maximum atomic E-state index is 12.4. The van der Waals surface area contributed by atoms with E-state index >= 15 is 0 Å². The molecule has 4 nitrogen and oxygen atoms in total. The summed E-state index contributed by atoms with van der Waals surface area (Å²) in [5.41, 5.74) is 3.08. The second kappa shape index (κ2) is 6.16. The molecule has 23 heavy (non-hydrogen) atoms. The first-order valence-corrected chi connectivity index (χ1v) is 8.97. The average Bonchev–Trinajstić information content (AvgIpc) is 3.25. The lowest BCUT2D eigenvalue weighted by atomic mass is 9.96. The molecule has 1 aliphatic heterocycles. The molecule has 0 aliphatic carbocycles. The lowest BCUT2D eigenvalue weighted by molar-refractivity contribution is 0.0684. The van der Waals surface area contributed by atoms with Crippen LogP contribution >= 0.6 is 11.3 Å². The minimum Gasteiger partial charge on any atom is -0.339 e. The molecule has 0 bridgehead atoms. The van der Waals surface area contributed by atoms with E-state index in [0.717, 1.165) is 43.6 Å². The molecule has 1 aromatic carbocycles. The first-order valence-electron chi connectivity index (χ1n) is 8.02. The Labute approximate surface area is 139 Å². The minimum atomic E-state index is 0.179. The number of imidazole rings is 1. The van der Waals surface area contributed by atoms with Gasteiger partial charge in [-0.05, 0) is 42.3 Å². The average molecular weight is 325 g/mol. The third-order valence-corrected chi connectivity index (χ3v) is 5.34. The monoisotopic (exact) mass is 325 g/mol. The van der Waals surface area contributed by atoms with Crippen molar-refractivity contribution in [2.45, 2.75) is 19.4 Å². The first-order chi connectivity index (χ1) is 11.3. The van der Waals surface area contributed by atoms with Gasteiger partial charge in [0.1, 0.15) is 0 Å². The van der Waals surface area contributed by atoms with E-state index in [1.165, 1.54) is 5.52 Å². The predicted molar refractivity (Wildman–Crippen MR) is 92.7 cm³/mol. The Morgan fingerprint density at radius 2 is 2.04 bits per heavy atom. The first kappa shape index (κ1) is 14.5. The number of hydrogen-bond donors (Lipinski definition) is 0. The summed E-state index contributed by atoms with van der Waals surface area (Å²) in [4.78, 5) is 18.8. The van der Waals surface area contributed by atoms with Crippen LogP contribution in [0.1, 0.15) is 23.2 Å². The number of amides is 1. The summed E-state index contributed by atoms with van der Waals surface area (Å²) in [5.74, 6) is 0.789. The van der Waals surface area contributed by atoms with Crippen LogP contribution in [0.2, 0.25) is 0 Å². The highest BCUT2D eigenvalue weighted by atomic mass is 32.1. The molecule has 1 fully saturated rings. The molecule has 5 heteroatoms. The number of fused-ring (bicyclic) bond motifs is 1. The molecule has 1 saturated heterocycles. The summed E-state index contributed by atoms with van der Waals surface area (Å²) < 4.78 is 2.25. The van der Waals surface area contributed by atoms with Gasteiger partial charge < -0.3 is 9.47 Å². The number of nitrogens with zero attached hydrogens (tertiary/aromatic N) is 3. The van der Waals surface area contributed by atoms with Gasteiger partial charge in [0, 0.05) is 25.0 Å². The van der Waals surface area contributed by atoms with Gasteiger partial charge in [0.2, 0.25) is 0 Å². The number of likely N-dealkylation sites (tertiary alicyclic amines) is 1. The second-order valence-electron chi connectivity index (χ2n) is 6.13. The van der Waals surface area contributed by atoms with Crippen molar-refractivity contribution in [3.63, 3.8) is 0 Å². The number of aromatic nitrogens is 2. The highest BCUT2D eigenvalue weighted by Gasteiger charge is 2.24. The molecule has 0 spiro atoms. The van der Waals surface area contributed by atoms with Crippen LogP contribution < -0.4 is 0 Å². The molecule has 1 amide bonds. The molecule has 4 rings (SSSR count). The molecule has 3 aromatic rings. The number of carbonyl (C=O) groups is 1. The fourth-order valence-corrected chi connectivity index (χ4v) is 3.95. The van der Waals surface area contributed by atoms with Crippen LogP contribution in [0.3, 0.4) is 0 Å². The SMILES string of the molecule is O=C(c1ccsc1)N1CCC(Cn2cnc3ccccc32)CC1. The van der Waals surface area contributed by atoms with Crippen molar-refractivity contribution in [3.05, 3.63) is 53.0 Å². The van der Waals surface area contributed by atoms with E-state index in [0.29, 0.717) is 5.92 Å². The summed E-state index contributed by atoms with van der Waals surface area (Å²) in [6, 6.07) is 10.2. The largest absolute Gasteiger partial charge is 0.339 e. The van der Waals surface area contributed by atoms with Crippen LogP contribution in [0.15, 0.2) is 47.4 Å². The Morgan fingerprint density at radius 3 is 2.83 bits per heavy atom. The summed E-state index contributed by atoms with van der Waals surface area (Å²) in [5, 5.41) is 3.90. The topological polar surface area (TPSA) is 38.1 Å². The molecule has 2 aromatic heterocycles. The van der Waals surface area contributed by atoms with E-state index in [1.54, 1.807) is 11.3 Å². The van der Waals surface area contributed by atoms with E-state index in [-0.39, 0.29) is 5.91 Å². The van der Waals surface area contributed by atoms with Crippen LogP contribution in [0.5, 0.6) is 0 Å². The highest BCUT2D eigenvalue weighted by molar-refractivity contribution is 7.08. The molecule has 1 aliphatic rings. The van der Waals surface area contributed by atoms with Crippen molar-refractivity contribution in [3.8, 4) is 0 Å². The van der Waals surface area contributed by atoms with Crippen molar-refractivity contribution in [1.29, 1.82) is 0 Å². The maximum absolute atomic E-state index is 12.4. The summed E-state index contributed by atoms with van der Waals surface area (Å²) >= 11 is 1.58. The van der Waals surface area contributed by atoms with E-state index < -0.39 is 0 Å². The second-order valence-corrected chi connectivity index (χ2v) is 6.91. The van der Waals surface area contributed by atoms with E-state index in [9.17, 15) is 4.79 Å². The van der Waals surface area contributed by atoms with Gasteiger partial charge in [-0.2, -0.15) is 11.3 Å². The van der Waals surface area contributed by atoms with Gasteiger partial charge in [-0.25, -0.2) is 4.98 Å². The number of rotatable bonds is 3. The van der Waals surface area contributed by atoms with Gasteiger partial charge in [0.25, 0.3) is 5.91 Å². The third kappa shape index (κ3) is 2.88. The smallest absolute Gasteiger partial charge is 0.254 e. The molecule has 0 saturated carbocycles. The van der Waals surface area contributed by atoms with Crippen molar-refractivity contribution in [1.82, 2.24) is 14.5 Å². The summed E-state index contributed by atoms with van der Waals surface area (Å²) in [6.07, 6.45) is 4.05. The quantitative estimate of drug-likeness (QED) is 0.737. The molecule has 0 N–H and O–H groups in total. The molecular weight excluding hydrogens is 306 g/mol. The van der Waals surface area contributed by atoms with Gasteiger partial charge in [0.05, 0.1) is 22.9 Å². The number of piperidine rings is 1. The Hall–Kier alpha value is -2.14. The predicted octanol–water partition coefficient (Wildman–Crippen LogP) is 3.65. The highest BCUT2D eigenvalue weighted by Crippen LogP contribution is 2.23. The Bertz CT molecular complexity index is 801. The fraction of sp³-hybridized carbons (Fsp3) is 0.333. The van der Waals surface area contributed by atoms with Crippen LogP contribution in [-0.2, 0) is 6.54 Å². The van der Waals surface area contributed by atoms with Crippen molar-refractivity contribution in [2.24, 2.45) is 5.92 Å². The third-order valence-electron chi connectivity index (χ3n) is 4.65. The van der Waals surface area contributed by atoms with Crippen LogP contribution in [-0.4, -0.2) is 33.4 Å². The minimum absolute atomic E-state index is 0.179. The molecule has 0 atom stereocenters. The summed E-state index contributed by atoms with van der Waals surface area (Å²) in [7, 11) is 0. The zero-order valence-corrected chi connectivity index (χ0v) is 13.7. The number of benzene rings is 1. The lowest BCUT2D eigenvalue weighted by Crippen LogP contribution is -2.39. The van der Waals surface area contributed by atoms with Gasteiger partial charge in [-0.15, -0.1) is 0 Å². The Balaban J connectivity index is 1.39. The standard InChI is InChI=1S/C18H19N3OS/c22-18(15-7-10-23-12-15)20-8-5-14(6-9-20)11-21-13-19-16-3-1-2-4-17(16)21/h1-4,7,10,12-14H,5-6,8-9,11H2. The van der Waals surface area contributed by atoms with Crippen molar-refractivity contribution >= 4 is 28.3 Å². The van der Waals surface area contributed by atoms with E-state index in [1.807, 2.05) is 40.2 Å². The Morgan fingerprint density at radius 1 is 1.22 bits per heavy atom. The van der Waals surface area contributed by atoms with Gasteiger partial charge in [0.15, 0.2) is 0 Å². The van der Waals surface area contributed by atoms with Crippen molar-refractivity contribution in [2.75, 3.05) is 13.1 Å². The lowest BCUT2D eigenvalue weighted by Gasteiger charge is -2.32. The number of para-hydroxylation sites is 2. The summed E-state index contributed by atoms with van der Waals surface area (Å²) in [6.45, 7) is 2.69. The maximum Gasteiger partial charge on any atom is 0.254 e. The zero-order chi connectivity index (χ0) is 15.6. The molecule has 3 heterocycles. The van der Waals surface area contributed by atoms with Crippen molar-refractivity contribution < 1.29 is 4.79 Å². The van der Waals surface area contributed by atoms with E-state index in [4.69, 9.17) is 0 Å². The normalized spacial score (nSPS) is 16.1. The Kier molecular flexibility index (Phi) is 3.87.